The van der Waals surface area contributed by atoms with Crippen LogP contribution in [-0.2, 0) is 33.6 Å². The number of fused-ring (bicyclic) bond motifs is 5. The molecule has 41 heteroatoms. The van der Waals surface area contributed by atoms with Crippen LogP contribution in [0.25, 0.3) is 54.5 Å². The number of ketones is 1. The monoisotopic (exact) mass is 2140 g/mol. The van der Waals surface area contributed by atoms with Crippen molar-refractivity contribution in [3.8, 4) is 86.2 Å². The van der Waals surface area contributed by atoms with Gasteiger partial charge in [0.25, 0.3) is 23.6 Å². The van der Waals surface area contributed by atoms with Crippen molar-refractivity contribution in [1.82, 2.24) is 51.2 Å². The highest BCUT2D eigenvalue weighted by atomic mass is 35.5. The Balaban J connectivity index is 0.000000131. The number of halogens is 4. The normalized spacial score (nSPS) is 13.3. The first-order chi connectivity index (χ1) is 70.8. The van der Waals surface area contributed by atoms with E-state index in [-0.39, 0.29) is 53.8 Å². The molecule has 0 unspecified atom stereocenters. The molecule has 2 aliphatic heterocycles. The summed E-state index contributed by atoms with van der Waals surface area (Å²) in [5.41, 5.74) is 24.2. The molecule has 8 heterocycles. The van der Waals surface area contributed by atoms with Gasteiger partial charge in [0.2, 0.25) is 5.91 Å². The fraction of sp³-hybridized carbons (Fsp3) is 0.198. The predicted molar refractivity (Wildman–Crippen MR) is 586 cm³/mol. The lowest BCUT2D eigenvalue weighted by Gasteiger charge is -2.18. The van der Waals surface area contributed by atoms with Crippen molar-refractivity contribution in [2.45, 2.75) is 83.2 Å². The Morgan fingerprint density at radius 3 is 1.23 bits per heavy atom. The smallest absolute Gasteiger partial charge is 0.252 e. The van der Waals surface area contributed by atoms with E-state index in [2.05, 4.69) is 56.5 Å². The average molecular weight is 2150 g/mol. The standard InChI is InChI=1S/C24H23ClN2O3S.C22H20ClNO2S.2C20H15ClN4O4S.C20H19N5O3S/c1-14(28)9-16-10-19-21(13-23(16)29-2)26-8-7-22(19)30-18-6-3-15(20(25)12-18)11-24(31)27-17-4-5-17;1-25-16-6-7-19-21(13-16)24-9-8-22(19)26-17-5-4-15(20(23)12-17)11-18(27)10-14-2-3-14;1-28-17-8-14-11(7-12(17)19(22)27)16(4-5-23-14)29-10-2-3-15(13(21)6-10)25-9-18(26)24-20(25)30;1-28-17-8-14-11(7-12(17)19(22)27)16(4-5-23-14)29-10-2-3-15(13(21)6-10)25-18(26)9-24-20(25)30;1-27-17-9-15-13(8-14(17)19(21)26)16(6-7-22-15)28-12-4-5-18(23-10-12)25-20(29)24-11-2-3-11/h3,6-8,10,12-13,17H,4-5,9,11H2,1-2H3,(H,27,31);4-9,12-14H,2-3,10-11H2,1H3;2-8H,9H2,1H3,(H2,22,27)(H,24,26,30);2-8H,9H2,1H3,(H2,22,27)(H,24,30);4-11H,2-3H2,1H3,(H2,21,26)(H2,23,24,25,29). The summed E-state index contributed by atoms with van der Waals surface area (Å²) in [5.74, 6) is 7.19. The van der Waals surface area contributed by atoms with E-state index in [1.54, 1.807) is 178 Å². The summed E-state index contributed by atoms with van der Waals surface area (Å²) in [4.78, 5) is 101. The lowest BCUT2D eigenvalue weighted by Crippen LogP contribution is -2.30. The Labute approximate surface area is 889 Å². The quantitative estimate of drug-likeness (QED) is 0.0187. The molecule has 3 aliphatic carbocycles. The molecule has 15 aromatic rings. The van der Waals surface area contributed by atoms with Crippen molar-refractivity contribution < 1.29 is 76.1 Å². The number of methoxy groups -OCH3 is 5. The number of amides is 5. The van der Waals surface area contributed by atoms with Crippen LogP contribution in [0.4, 0.5) is 17.2 Å². The van der Waals surface area contributed by atoms with Gasteiger partial charge in [0.1, 0.15) is 104 Å². The molecule has 3 saturated carbocycles. The van der Waals surface area contributed by atoms with Gasteiger partial charge < -0.3 is 96.1 Å². The number of anilines is 3. The van der Waals surface area contributed by atoms with Crippen molar-refractivity contribution in [2.24, 2.45) is 23.1 Å². The maximum Gasteiger partial charge on any atom is 0.252 e. The summed E-state index contributed by atoms with van der Waals surface area (Å²) in [6.07, 6.45) is 19.7. The van der Waals surface area contributed by atoms with Crippen LogP contribution >= 0.6 is 107 Å². The zero-order valence-corrected chi connectivity index (χ0v) is 86.5. The number of hydrogen-bond donors (Lipinski definition) is 8. The molecule has 9 aromatic carbocycles. The van der Waals surface area contributed by atoms with Crippen LogP contribution in [0.5, 0.6) is 86.2 Å². The molecule has 5 amide bonds. The molecular weight excluding hydrogens is 2060 g/mol. The van der Waals surface area contributed by atoms with Crippen molar-refractivity contribution in [2.75, 3.05) is 63.8 Å². The van der Waals surface area contributed by atoms with Gasteiger partial charge in [-0.05, 0) is 238 Å². The number of pyridine rings is 6. The highest BCUT2D eigenvalue weighted by Crippen LogP contribution is 2.44. The number of nitrogens with one attached hydrogen (secondary N) is 5. The summed E-state index contributed by atoms with van der Waals surface area (Å²) in [6, 6.07) is 53.7. The summed E-state index contributed by atoms with van der Waals surface area (Å²) >= 11 is 52.3. The van der Waals surface area contributed by atoms with Gasteiger partial charge in [-0.2, -0.15) is 0 Å². The van der Waals surface area contributed by atoms with E-state index in [4.69, 9.17) is 172 Å². The van der Waals surface area contributed by atoms with Crippen LogP contribution in [0, 0.1) is 5.92 Å². The molecule has 0 spiro atoms. The molecular formula is C106H92Cl4N16O16S5. The predicted octanol–water partition coefficient (Wildman–Crippen LogP) is 20.8. The van der Waals surface area contributed by atoms with Crippen LogP contribution < -0.4 is 101 Å². The summed E-state index contributed by atoms with van der Waals surface area (Å²) in [7, 11) is 7.60. The number of primary amides is 3. The average Bonchev–Trinajstić information content (AvgIpc) is 1.34. The van der Waals surface area contributed by atoms with Gasteiger partial charge in [0.05, 0.1) is 119 Å². The van der Waals surface area contributed by atoms with Crippen LogP contribution in [0.15, 0.2) is 219 Å². The van der Waals surface area contributed by atoms with Crippen molar-refractivity contribution >= 4 is 240 Å². The minimum Gasteiger partial charge on any atom is -0.497 e. The zero-order chi connectivity index (χ0) is 104. The van der Waals surface area contributed by atoms with Crippen molar-refractivity contribution in [1.29, 1.82) is 0 Å². The molecule has 0 bridgehead atoms. The van der Waals surface area contributed by atoms with E-state index in [1.807, 2.05) is 66.7 Å². The van der Waals surface area contributed by atoms with Crippen molar-refractivity contribution in [3.63, 3.8) is 0 Å². The van der Waals surface area contributed by atoms with Gasteiger partial charge in [-0.15, -0.1) is 0 Å². The van der Waals surface area contributed by atoms with Crippen molar-refractivity contribution in [3.05, 3.63) is 273 Å². The number of nitrogens with zero attached hydrogens (tertiary/aromatic N) is 8. The second-order valence-electron chi connectivity index (χ2n) is 34.0. The third-order valence-corrected chi connectivity index (χ3v) is 26.0. The molecule has 11 N–H and O–H groups in total. The maximum atomic E-state index is 12.0. The molecule has 0 atom stereocenters. The number of rotatable bonds is 31. The summed E-state index contributed by atoms with van der Waals surface area (Å²) in [6.45, 7) is 1.78. The molecule has 6 aromatic heterocycles. The second-order valence-corrected chi connectivity index (χ2v) is 37.9. The molecule has 5 aliphatic rings. The van der Waals surface area contributed by atoms with E-state index in [1.165, 1.54) is 51.9 Å². The van der Waals surface area contributed by atoms with Gasteiger partial charge >= 0.3 is 0 Å². The second kappa shape index (κ2) is 47.3. The largest absolute Gasteiger partial charge is 0.497 e. The highest BCUT2D eigenvalue weighted by molar-refractivity contribution is 7.81. The van der Waals surface area contributed by atoms with Crippen LogP contribution in [0.2, 0.25) is 20.1 Å². The number of carbonyl (C=O) groups is 6. The maximum absolute atomic E-state index is 12.0. The Morgan fingerprint density at radius 2 is 0.830 bits per heavy atom. The Kier molecular flexibility index (Phi) is 33.7. The first kappa shape index (κ1) is 105. The number of benzene rings is 9. The number of thiocarbonyl (C=S) groups is 5. The zero-order valence-electron chi connectivity index (χ0n) is 79.4. The van der Waals surface area contributed by atoms with Gasteiger partial charge in [0.15, 0.2) is 15.3 Å². The lowest BCUT2D eigenvalue weighted by atomic mass is 10.0. The van der Waals surface area contributed by atoms with E-state index in [0.717, 1.165) is 91.4 Å². The Morgan fingerprint density at radius 1 is 0.415 bits per heavy atom. The van der Waals surface area contributed by atoms with Gasteiger partial charge in [-0.3, -0.25) is 58.6 Å². The van der Waals surface area contributed by atoms with E-state index in [0.29, 0.717) is 179 Å². The molecule has 20 rings (SSSR count). The van der Waals surface area contributed by atoms with Gasteiger partial charge in [-0.1, -0.05) is 83.0 Å². The van der Waals surface area contributed by atoms with Crippen LogP contribution in [0.3, 0.4) is 0 Å². The number of hydrogen-bond acceptors (Lipinski definition) is 27. The van der Waals surface area contributed by atoms with Gasteiger partial charge in [0, 0.05) is 147 Å². The number of ether oxygens (including phenoxy) is 10. The fourth-order valence-electron chi connectivity index (χ4n) is 15.6. The number of aromatic nitrogens is 6. The van der Waals surface area contributed by atoms with E-state index >= 15 is 0 Å². The minimum absolute atomic E-state index is 0.0560. The topological polar surface area (TPSA) is 417 Å². The summed E-state index contributed by atoms with van der Waals surface area (Å²) in [5, 5.41) is 21.6. The molecule has 0 radical (unpaired) electrons. The van der Waals surface area contributed by atoms with E-state index in [9.17, 15) is 28.8 Å². The fourth-order valence-corrected chi connectivity index (χ4v) is 18.1. The minimum atomic E-state index is -0.629. The first-order valence-corrected chi connectivity index (χ1v) is 49.2. The molecule has 2 saturated heterocycles. The molecule has 32 nitrogen and oxygen atoms in total. The van der Waals surface area contributed by atoms with E-state index < -0.39 is 17.7 Å². The highest BCUT2D eigenvalue weighted by Gasteiger charge is 2.32. The summed E-state index contributed by atoms with van der Waals surface area (Å²) < 4.78 is 56.5. The Bertz CT molecular complexity index is 7750. The SMILES string of the molecule is COc1cc2nccc(Oc3ccc(CC(=S)NC4CC4)c(Cl)c3)c2cc1CC(C)=O.COc1cc2nccc(Oc3ccc(N4C(=O)CNC4=S)c(Cl)c3)c2cc1C(N)=O.COc1cc2nccc(Oc3ccc(N4CC(=O)NC4=S)c(Cl)c3)c2cc1C(N)=O.COc1cc2nccc(Oc3ccc(NC(=S)NC4CC4)nc3)c2cc1C(N)=O.COc1ccc2c(Oc3ccc(CC(=S)CC4CC4)c(Cl)c3)ccnc2c1. The molecule has 750 valence electrons. The third kappa shape index (κ3) is 26.6. The first-order valence-electron chi connectivity index (χ1n) is 45.6. The lowest BCUT2D eigenvalue weighted by molar-refractivity contribution is -0.118. The number of carbonyl (C=O) groups excluding carboxylic acids is 6. The number of Topliss-reactive ketones (excluding diaryl/α,β-unsaturated/α-hetero) is 1. The van der Waals surface area contributed by atoms with Crippen LogP contribution in [0.1, 0.15) is 99.6 Å². The third-order valence-electron chi connectivity index (χ3n) is 23.3. The van der Waals surface area contributed by atoms with Gasteiger partial charge in [-0.25, -0.2) is 4.98 Å². The molecule has 5 fully saturated rings. The number of nitrogens with two attached hydrogens (primary N) is 3. The Hall–Kier alpha value is -15.2. The van der Waals surface area contributed by atoms with Crippen LogP contribution in [-0.4, -0.2) is 151 Å². The molecule has 147 heavy (non-hydrogen) atoms.